The van der Waals surface area contributed by atoms with E-state index >= 15 is 0 Å². The lowest BCUT2D eigenvalue weighted by molar-refractivity contribution is -0.137. The maximum Gasteiger partial charge on any atom is 0.416 e. The lowest BCUT2D eigenvalue weighted by Crippen LogP contribution is -2.14. The van der Waals surface area contributed by atoms with Gasteiger partial charge in [0.15, 0.2) is 0 Å². The summed E-state index contributed by atoms with van der Waals surface area (Å²) in [6.07, 6.45) is -4.53. The van der Waals surface area contributed by atoms with E-state index in [1.165, 1.54) is 6.07 Å². The van der Waals surface area contributed by atoms with Crippen LogP contribution in [0.3, 0.4) is 0 Å². The first kappa shape index (κ1) is 14.3. The molecule has 18 heavy (non-hydrogen) atoms. The third-order valence-corrected chi connectivity index (χ3v) is 2.50. The molecule has 0 aromatic heterocycles. The molecule has 0 unspecified atom stereocenters. The van der Waals surface area contributed by atoms with E-state index in [1.807, 2.05) is 0 Å². The fraction of sp³-hybridized carbons (Fsp3) is 0.417. The number of aliphatic carboxylic acids is 1. The predicted molar refractivity (Wildman–Crippen MR) is 61.7 cm³/mol. The first-order valence-electron chi connectivity index (χ1n) is 5.31. The number of nitrogens with zero attached hydrogens (tertiary/aromatic N) is 1. The van der Waals surface area contributed by atoms with Gasteiger partial charge in [-0.15, -0.1) is 0 Å². The quantitative estimate of drug-likeness (QED) is 0.906. The van der Waals surface area contributed by atoms with Gasteiger partial charge in [0.25, 0.3) is 0 Å². The van der Waals surface area contributed by atoms with Gasteiger partial charge in [0.1, 0.15) is 0 Å². The first-order valence-corrected chi connectivity index (χ1v) is 5.31. The molecule has 0 amide bonds. The number of hydrogen-bond donors (Lipinski definition) is 1. The third-order valence-electron chi connectivity index (χ3n) is 2.50. The maximum absolute atomic E-state index is 12.6. The number of carboxylic acids is 1. The fourth-order valence-electron chi connectivity index (χ4n) is 1.64. The molecule has 1 rings (SSSR count). The Bertz CT molecular complexity index is 441. The summed E-state index contributed by atoms with van der Waals surface area (Å²) in [4.78, 5) is 12.2. The molecule has 1 aromatic carbocycles. The second kappa shape index (κ2) is 5.29. The zero-order valence-electron chi connectivity index (χ0n) is 10.1. The van der Waals surface area contributed by atoms with Gasteiger partial charge in [-0.3, -0.25) is 4.79 Å². The number of rotatable bonds is 4. The van der Waals surface area contributed by atoms with Gasteiger partial charge in [0.05, 0.1) is 5.56 Å². The van der Waals surface area contributed by atoms with Crippen LogP contribution in [-0.2, 0) is 17.4 Å². The topological polar surface area (TPSA) is 40.5 Å². The van der Waals surface area contributed by atoms with Crippen molar-refractivity contribution in [3.63, 3.8) is 0 Å². The molecule has 0 aliphatic rings. The van der Waals surface area contributed by atoms with Crippen LogP contribution in [0.5, 0.6) is 0 Å². The number of alkyl halides is 3. The Labute approximate surface area is 103 Å². The highest BCUT2D eigenvalue weighted by atomic mass is 19.4. The van der Waals surface area contributed by atoms with E-state index < -0.39 is 17.7 Å². The van der Waals surface area contributed by atoms with Crippen LogP contribution in [0.4, 0.5) is 18.9 Å². The molecule has 100 valence electrons. The van der Waals surface area contributed by atoms with Gasteiger partial charge in [-0.05, 0) is 30.2 Å². The van der Waals surface area contributed by atoms with Gasteiger partial charge in [-0.25, -0.2) is 0 Å². The van der Waals surface area contributed by atoms with Crippen LogP contribution < -0.4 is 4.90 Å². The molecule has 1 N–H and O–H groups in total. The Balaban J connectivity index is 3.11. The average molecular weight is 261 g/mol. The minimum atomic E-state index is -4.41. The summed E-state index contributed by atoms with van der Waals surface area (Å²) < 4.78 is 37.7. The molecule has 0 fully saturated rings. The summed E-state index contributed by atoms with van der Waals surface area (Å²) in [5, 5.41) is 8.60. The Hall–Kier alpha value is -1.72. The molecular weight excluding hydrogens is 247 g/mol. The first-order chi connectivity index (χ1) is 8.21. The van der Waals surface area contributed by atoms with Gasteiger partial charge in [0, 0.05) is 26.2 Å². The molecule has 0 heterocycles. The van der Waals surface area contributed by atoms with Crippen LogP contribution in [0.2, 0.25) is 0 Å². The molecular formula is C12H14F3NO2. The predicted octanol–water partition coefficient (Wildman–Crippen LogP) is 2.79. The number of anilines is 1. The SMILES string of the molecule is CN(C)c1ccc(C(F)(F)F)cc1CCC(=O)O. The number of carbonyl (C=O) groups is 1. The van der Waals surface area contributed by atoms with Gasteiger partial charge in [0.2, 0.25) is 0 Å². The van der Waals surface area contributed by atoms with Gasteiger partial charge in [-0.2, -0.15) is 13.2 Å². The van der Waals surface area contributed by atoms with E-state index in [-0.39, 0.29) is 12.8 Å². The highest BCUT2D eigenvalue weighted by Crippen LogP contribution is 2.32. The second-order valence-corrected chi connectivity index (χ2v) is 4.13. The van der Waals surface area contributed by atoms with Crippen molar-refractivity contribution >= 4 is 11.7 Å². The Morgan fingerprint density at radius 3 is 2.39 bits per heavy atom. The van der Waals surface area contributed by atoms with E-state index in [0.717, 1.165) is 12.1 Å². The number of aryl methyl sites for hydroxylation is 1. The lowest BCUT2D eigenvalue weighted by atomic mass is 10.0. The molecule has 0 saturated carbocycles. The molecule has 0 aliphatic heterocycles. The molecule has 0 radical (unpaired) electrons. The normalized spacial score (nSPS) is 11.4. The highest BCUT2D eigenvalue weighted by Gasteiger charge is 2.31. The van der Waals surface area contributed by atoms with E-state index in [2.05, 4.69) is 0 Å². The molecule has 0 aliphatic carbocycles. The number of benzene rings is 1. The van der Waals surface area contributed by atoms with Gasteiger partial charge < -0.3 is 10.0 Å². The molecule has 3 nitrogen and oxygen atoms in total. The molecule has 0 spiro atoms. The number of carboxylic acid groups (broad SMARTS) is 1. The monoisotopic (exact) mass is 261 g/mol. The summed E-state index contributed by atoms with van der Waals surface area (Å²) in [6.45, 7) is 0. The van der Waals surface area contributed by atoms with Crippen LogP contribution >= 0.6 is 0 Å². The molecule has 6 heteroatoms. The van der Waals surface area contributed by atoms with Crippen LogP contribution in [0.1, 0.15) is 17.5 Å². The molecule has 1 aromatic rings. The Kier molecular flexibility index (Phi) is 4.21. The van der Waals surface area contributed by atoms with Crippen molar-refractivity contribution < 1.29 is 23.1 Å². The van der Waals surface area contributed by atoms with Crippen molar-refractivity contribution in [1.29, 1.82) is 0 Å². The second-order valence-electron chi connectivity index (χ2n) is 4.13. The number of halogens is 3. The Morgan fingerprint density at radius 2 is 1.94 bits per heavy atom. The number of hydrogen-bond acceptors (Lipinski definition) is 2. The molecule has 0 atom stereocenters. The van der Waals surface area contributed by atoms with Crippen LogP contribution in [0.15, 0.2) is 18.2 Å². The lowest BCUT2D eigenvalue weighted by Gasteiger charge is -2.19. The largest absolute Gasteiger partial charge is 0.481 e. The minimum Gasteiger partial charge on any atom is -0.481 e. The standard InChI is InChI=1S/C12H14F3NO2/c1-16(2)10-5-4-9(12(13,14)15)7-8(10)3-6-11(17)18/h4-5,7H,3,6H2,1-2H3,(H,17,18). The van der Waals surface area contributed by atoms with E-state index in [9.17, 15) is 18.0 Å². The molecule has 0 saturated heterocycles. The summed E-state index contributed by atoms with van der Waals surface area (Å²) in [7, 11) is 3.40. The van der Waals surface area contributed by atoms with Gasteiger partial charge >= 0.3 is 12.1 Å². The zero-order valence-corrected chi connectivity index (χ0v) is 10.1. The summed E-state index contributed by atoms with van der Waals surface area (Å²) in [6, 6.07) is 3.37. The summed E-state index contributed by atoms with van der Waals surface area (Å²) in [5.41, 5.74) is 0.231. The van der Waals surface area contributed by atoms with E-state index in [1.54, 1.807) is 19.0 Å². The van der Waals surface area contributed by atoms with Gasteiger partial charge in [-0.1, -0.05) is 0 Å². The highest BCUT2D eigenvalue weighted by molar-refractivity contribution is 5.68. The molecule has 0 bridgehead atoms. The summed E-state index contributed by atoms with van der Waals surface area (Å²) >= 11 is 0. The van der Waals surface area contributed by atoms with Crippen LogP contribution in [0.25, 0.3) is 0 Å². The van der Waals surface area contributed by atoms with Crippen molar-refractivity contribution in [3.05, 3.63) is 29.3 Å². The fourth-order valence-corrected chi connectivity index (χ4v) is 1.64. The van der Waals surface area contributed by atoms with Crippen molar-refractivity contribution in [3.8, 4) is 0 Å². The smallest absolute Gasteiger partial charge is 0.416 e. The van der Waals surface area contributed by atoms with Crippen molar-refractivity contribution in [1.82, 2.24) is 0 Å². The van der Waals surface area contributed by atoms with Crippen molar-refractivity contribution in [2.75, 3.05) is 19.0 Å². The van der Waals surface area contributed by atoms with E-state index in [4.69, 9.17) is 5.11 Å². The van der Waals surface area contributed by atoms with Crippen LogP contribution in [0, 0.1) is 0 Å². The van der Waals surface area contributed by atoms with Crippen molar-refractivity contribution in [2.24, 2.45) is 0 Å². The minimum absolute atomic E-state index is 0.0762. The van der Waals surface area contributed by atoms with Crippen LogP contribution in [-0.4, -0.2) is 25.2 Å². The Morgan fingerprint density at radius 1 is 1.33 bits per heavy atom. The maximum atomic E-state index is 12.6. The summed E-state index contributed by atoms with van der Waals surface area (Å²) in [5.74, 6) is -1.03. The van der Waals surface area contributed by atoms with E-state index in [0.29, 0.717) is 11.3 Å². The average Bonchev–Trinajstić information content (AvgIpc) is 2.24. The van der Waals surface area contributed by atoms with Crippen molar-refractivity contribution in [2.45, 2.75) is 19.0 Å². The third kappa shape index (κ3) is 3.65. The zero-order chi connectivity index (χ0) is 13.9.